The van der Waals surface area contributed by atoms with Crippen LogP contribution in [0, 0.1) is 0 Å². The zero-order chi connectivity index (χ0) is 7.56. The number of aliphatic hydroxyl groups is 1. The fraction of sp³-hybridized carbons (Fsp3) is 0.500. The molecule has 2 nitrogen and oxygen atoms in total. The molecule has 0 fully saturated rings. The first-order valence-corrected chi connectivity index (χ1v) is 3.42. The Labute approximate surface area is 61.5 Å². The van der Waals surface area contributed by atoms with Gasteiger partial charge in [0.1, 0.15) is 0 Å². The smallest absolute Gasteiger partial charge is 0.0648 e. The quantitative estimate of drug-likeness (QED) is 0.610. The monoisotopic (exact) mass is 139 g/mol. The van der Waals surface area contributed by atoms with Crippen LogP contribution in [0.4, 0.5) is 0 Å². The first kappa shape index (κ1) is 7.35. The Morgan fingerprint density at radius 3 is 2.60 bits per heavy atom. The molecule has 0 aromatic carbocycles. The number of nitrogens with zero attached hydrogens (tertiary/aromatic N) is 1. The molecule has 0 amide bonds. The molecule has 2 heteroatoms. The average molecular weight is 139 g/mol. The predicted octanol–water partition coefficient (Wildman–Crippen LogP) is 0.754. The van der Waals surface area contributed by atoms with Crippen molar-refractivity contribution >= 4 is 0 Å². The lowest BCUT2D eigenvalue weighted by atomic mass is 10.3. The van der Waals surface area contributed by atoms with Gasteiger partial charge in [-0.3, -0.25) is 0 Å². The summed E-state index contributed by atoms with van der Waals surface area (Å²) in [6, 6.07) is 0. The van der Waals surface area contributed by atoms with Crippen LogP contribution in [0.5, 0.6) is 0 Å². The van der Waals surface area contributed by atoms with Gasteiger partial charge >= 0.3 is 0 Å². The van der Waals surface area contributed by atoms with Gasteiger partial charge in [0.05, 0.1) is 6.61 Å². The summed E-state index contributed by atoms with van der Waals surface area (Å²) in [5, 5.41) is 8.75. The molecule has 0 unspecified atom stereocenters. The molecule has 0 aliphatic heterocycles. The topological polar surface area (TPSA) is 23.5 Å². The maximum Gasteiger partial charge on any atom is 0.0648 e. The van der Waals surface area contributed by atoms with Crippen LogP contribution >= 0.6 is 0 Å². The highest BCUT2D eigenvalue weighted by atomic mass is 16.3. The maximum absolute atomic E-state index is 8.75. The molecule has 1 aliphatic rings. The second-order valence-electron chi connectivity index (χ2n) is 2.69. The largest absolute Gasteiger partial charge is 0.392 e. The summed E-state index contributed by atoms with van der Waals surface area (Å²) in [6.45, 7) is 0.188. The van der Waals surface area contributed by atoms with Gasteiger partial charge in [-0.2, -0.15) is 0 Å². The molecule has 0 heterocycles. The van der Waals surface area contributed by atoms with E-state index in [1.54, 1.807) is 0 Å². The Morgan fingerprint density at radius 2 is 2.30 bits per heavy atom. The summed E-state index contributed by atoms with van der Waals surface area (Å²) in [5.41, 5.74) is 2.30. The van der Waals surface area contributed by atoms with Gasteiger partial charge in [0.25, 0.3) is 0 Å². The summed E-state index contributed by atoms with van der Waals surface area (Å²) in [6.07, 6.45) is 5.05. The van der Waals surface area contributed by atoms with Gasteiger partial charge in [0.2, 0.25) is 0 Å². The number of aliphatic hydroxyl groups excluding tert-OH is 1. The van der Waals surface area contributed by atoms with Gasteiger partial charge in [-0.15, -0.1) is 0 Å². The summed E-state index contributed by atoms with van der Waals surface area (Å²) < 4.78 is 0. The van der Waals surface area contributed by atoms with Crippen molar-refractivity contribution in [2.24, 2.45) is 0 Å². The zero-order valence-electron chi connectivity index (χ0n) is 6.46. The van der Waals surface area contributed by atoms with Gasteiger partial charge in [0, 0.05) is 19.8 Å². The second kappa shape index (κ2) is 2.88. The molecule has 0 saturated heterocycles. The zero-order valence-corrected chi connectivity index (χ0v) is 6.46. The Kier molecular flexibility index (Phi) is 2.12. The first-order chi connectivity index (χ1) is 4.74. The van der Waals surface area contributed by atoms with Gasteiger partial charge in [-0.25, -0.2) is 0 Å². The number of likely N-dealkylation sites (N-methyl/N-ethyl adjacent to an activating group) is 1. The van der Waals surface area contributed by atoms with Crippen molar-refractivity contribution < 1.29 is 5.11 Å². The van der Waals surface area contributed by atoms with Gasteiger partial charge in [0.15, 0.2) is 0 Å². The number of rotatable bonds is 2. The summed E-state index contributed by atoms with van der Waals surface area (Å²) in [4.78, 5) is 2.04. The molecule has 0 spiro atoms. The fourth-order valence-electron chi connectivity index (χ4n) is 0.985. The molecule has 0 atom stereocenters. The van der Waals surface area contributed by atoms with Crippen LogP contribution < -0.4 is 0 Å². The van der Waals surface area contributed by atoms with Crippen LogP contribution in [0.2, 0.25) is 0 Å². The minimum absolute atomic E-state index is 0.188. The number of hydrogen-bond acceptors (Lipinski definition) is 2. The standard InChI is InChI=1S/C8H13NO/c1-9(2)8-4-3-7(5-8)6-10/h4-5,10H,3,6H2,1-2H3. The fourth-order valence-corrected chi connectivity index (χ4v) is 0.985. The Hall–Kier alpha value is -0.760. The van der Waals surface area contributed by atoms with E-state index in [0.29, 0.717) is 0 Å². The van der Waals surface area contributed by atoms with Crippen molar-refractivity contribution in [3.63, 3.8) is 0 Å². The third kappa shape index (κ3) is 1.39. The third-order valence-electron chi connectivity index (χ3n) is 1.64. The molecular weight excluding hydrogens is 126 g/mol. The van der Waals surface area contributed by atoms with E-state index in [9.17, 15) is 0 Å². The predicted molar refractivity (Wildman–Crippen MR) is 41.6 cm³/mol. The lowest BCUT2D eigenvalue weighted by Crippen LogP contribution is -2.07. The van der Waals surface area contributed by atoms with Crippen molar-refractivity contribution in [1.29, 1.82) is 0 Å². The highest BCUT2D eigenvalue weighted by molar-refractivity contribution is 5.31. The SMILES string of the molecule is CN(C)C1=CCC(CO)=C1. The van der Waals surface area contributed by atoms with E-state index in [1.807, 2.05) is 25.1 Å². The van der Waals surface area contributed by atoms with Gasteiger partial charge in [-0.1, -0.05) is 6.08 Å². The summed E-state index contributed by atoms with van der Waals surface area (Å²) in [7, 11) is 4.01. The van der Waals surface area contributed by atoms with E-state index in [4.69, 9.17) is 5.11 Å². The third-order valence-corrected chi connectivity index (χ3v) is 1.64. The molecule has 0 radical (unpaired) electrons. The molecule has 1 N–H and O–H groups in total. The summed E-state index contributed by atoms with van der Waals surface area (Å²) >= 11 is 0. The van der Waals surface area contributed by atoms with Gasteiger partial charge in [-0.05, 0) is 18.1 Å². The Bertz CT molecular complexity index is 180. The lowest BCUT2D eigenvalue weighted by Gasteiger charge is -2.10. The molecule has 0 aromatic heterocycles. The molecule has 56 valence electrons. The molecule has 0 bridgehead atoms. The first-order valence-electron chi connectivity index (χ1n) is 3.42. The second-order valence-corrected chi connectivity index (χ2v) is 2.69. The van der Waals surface area contributed by atoms with Crippen LogP contribution in [0.15, 0.2) is 23.4 Å². The minimum Gasteiger partial charge on any atom is -0.392 e. The van der Waals surface area contributed by atoms with E-state index in [0.717, 1.165) is 12.0 Å². The van der Waals surface area contributed by atoms with E-state index in [-0.39, 0.29) is 6.61 Å². The lowest BCUT2D eigenvalue weighted by molar-refractivity contribution is 0.329. The average Bonchev–Trinajstić information content (AvgIpc) is 2.34. The maximum atomic E-state index is 8.75. The van der Waals surface area contributed by atoms with Crippen LogP contribution in [0.3, 0.4) is 0 Å². The highest BCUT2D eigenvalue weighted by Gasteiger charge is 2.05. The van der Waals surface area contributed by atoms with E-state index >= 15 is 0 Å². The molecule has 0 saturated carbocycles. The van der Waals surface area contributed by atoms with Gasteiger partial charge < -0.3 is 10.0 Å². The van der Waals surface area contributed by atoms with Crippen LogP contribution in [-0.2, 0) is 0 Å². The van der Waals surface area contributed by atoms with Crippen LogP contribution in [0.25, 0.3) is 0 Å². The Balaban J connectivity index is 2.59. The normalized spacial score (nSPS) is 16.7. The van der Waals surface area contributed by atoms with Crippen LogP contribution in [-0.4, -0.2) is 30.7 Å². The molecular formula is C8H13NO. The Morgan fingerprint density at radius 1 is 1.60 bits per heavy atom. The van der Waals surface area contributed by atoms with E-state index in [2.05, 4.69) is 6.08 Å². The highest BCUT2D eigenvalue weighted by Crippen LogP contribution is 2.17. The van der Waals surface area contributed by atoms with E-state index in [1.165, 1.54) is 5.70 Å². The van der Waals surface area contributed by atoms with Crippen molar-refractivity contribution in [2.45, 2.75) is 6.42 Å². The molecule has 0 aromatic rings. The number of hydrogen-bond donors (Lipinski definition) is 1. The van der Waals surface area contributed by atoms with E-state index < -0.39 is 0 Å². The van der Waals surface area contributed by atoms with Crippen molar-refractivity contribution in [2.75, 3.05) is 20.7 Å². The summed E-state index contributed by atoms with van der Waals surface area (Å²) in [5.74, 6) is 0. The molecule has 1 aliphatic carbocycles. The van der Waals surface area contributed by atoms with Crippen molar-refractivity contribution in [1.82, 2.24) is 4.90 Å². The van der Waals surface area contributed by atoms with Crippen molar-refractivity contribution in [3.05, 3.63) is 23.4 Å². The molecule has 1 rings (SSSR count). The van der Waals surface area contributed by atoms with Crippen LogP contribution in [0.1, 0.15) is 6.42 Å². The molecule has 10 heavy (non-hydrogen) atoms. The van der Waals surface area contributed by atoms with Crippen molar-refractivity contribution in [3.8, 4) is 0 Å². The number of allylic oxidation sites excluding steroid dienone is 2. The minimum atomic E-state index is 0.188.